The van der Waals surface area contributed by atoms with Gasteiger partial charge in [-0.3, -0.25) is 4.79 Å². The van der Waals surface area contributed by atoms with Crippen molar-refractivity contribution < 1.29 is 9.18 Å². The van der Waals surface area contributed by atoms with Crippen LogP contribution in [0.5, 0.6) is 0 Å². The third-order valence-electron chi connectivity index (χ3n) is 2.66. The summed E-state index contributed by atoms with van der Waals surface area (Å²) in [4.78, 5) is 12.7. The fourth-order valence-electron chi connectivity index (χ4n) is 1.43. The first-order chi connectivity index (χ1) is 8.99. The molecular formula is C14H21FN2OS. The zero-order chi connectivity index (χ0) is 14.3. The van der Waals surface area contributed by atoms with Gasteiger partial charge in [0.15, 0.2) is 0 Å². The number of rotatable bonds is 7. The van der Waals surface area contributed by atoms with Crippen LogP contribution in [0.4, 0.5) is 4.39 Å². The molecule has 1 amide bonds. The van der Waals surface area contributed by atoms with E-state index in [4.69, 9.17) is 5.73 Å². The van der Waals surface area contributed by atoms with Crippen molar-refractivity contribution in [3.05, 3.63) is 30.1 Å². The lowest BCUT2D eigenvalue weighted by Gasteiger charge is -2.12. The Kier molecular flexibility index (Phi) is 6.87. The SMILES string of the molecule is CC(N)CCNC(=O)C(C)CSc1ccc(F)cc1. The van der Waals surface area contributed by atoms with Gasteiger partial charge in [0.25, 0.3) is 0 Å². The fourth-order valence-corrected chi connectivity index (χ4v) is 2.35. The van der Waals surface area contributed by atoms with E-state index < -0.39 is 0 Å². The smallest absolute Gasteiger partial charge is 0.223 e. The number of nitrogens with two attached hydrogens (primary N) is 1. The van der Waals surface area contributed by atoms with Gasteiger partial charge in [0.05, 0.1) is 0 Å². The zero-order valence-electron chi connectivity index (χ0n) is 11.4. The van der Waals surface area contributed by atoms with Crippen molar-refractivity contribution in [1.82, 2.24) is 5.32 Å². The predicted octanol–water partition coefficient (Wildman–Crippen LogP) is 2.41. The van der Waals surface area contributed by atoms with E-state index in [0.717, 1.165) is 11.3 Å². The van der Waals surface area contributed by atoms with Gasteiger partial charge in [-0.2, -0.15) is 0 Å². The number of thioether (sulfide) groups is 1. The summed E-state index contributed by atoms with van der Waals surface area (Å²) >= 11 is 1.55. The molecule has 0 heterocycles. The highest BCUT2D eigenvalue weighted by Gasteiger charge is 2.12. The quantitative estimate of drug-likeness (QED) is 0.756. The number of carbonyl (C=O) groups excluding carboxylic acids is 1. The minimum Gasteiger partial charge on any atom is -0.356 e. The molecule has 0 saturated carbocycles. The third-order valence-corrected chi connectivity index (χ3v) is 3.93. The second kappa shape index (κ2) is 8.17. The maximum Gasteiger partial charge on any atom is 0.223 e. The van der Waals surface area contributed by atoms with Crippen molar-refractivity contribution >= 4 is 17.7 Å². The molecule has 3 nitrogen and oxygen atoms in total. The van der Waals surface area contributed by atoms with Crippen molar-refractivity contribution in [1.29, 1.82) is 0 Å². The molecular weight excluding hydrogens is 263 g/mol. The van der Waals surface area contributed by atoms with E-state index in [2.05, 4.69) is 5.32 Å². The van der Waals surface area contributed by atoms with Crippen molar-refractivity contribution in [2.75, 3.05) is 12.3 Å². The Morgan fingerprint density at radius 2 is 2.00 bits per heavy atom. The molecule has 19 heavy (non-hydrogen) atoms. The van der Waals surface area contributed by atoms with Crippen LogP contribution < -0.4 is 11.1 Å². The van der Waals surface area contributed by atoms with E-state index >= 15 is 0 Å². The highest BCUT2D eigenvalue weighted by Crippen LogP contribution is 2.20. The normalized spacial score (nSPS) is 13.9. The Balaban J connectivity index is 2.28. The lowest BCUT2D eigenvalue weighted by molar-refractivity contribution is -0.123. The Labute approximate surface area is 118 Å². The summed E-state index contributed by atoms with van der Waals surface area (Å²) in [6.07, 6.45) is 0.781. The van der Waals surface area contributed by atoms with Gasteiger partial charge >= 0.3 is 0 Å². The van der Waals surface area contributed by atoms with Crippen molar-refractivity contribution in [2.24, 2.45) is 11.7 Å². The predicted molar refractivity (Wildman–Crippen MR) is 77.6 cm³/mol. The zero-order valence-corrected chi connectivity index (χ0v) is 12.2. The summed E-state index contributed by atoms with van der Waals surface area (Å²) in [5.74, 6) is 0.389. The summed E-state index contributed by atoms with van der Waals surface area (Å²) in [6, 6.07) is 6.40. The van der Waals surface area contributed by atoms with Gasteiger partial charge in [-0.25, -0.2) is 4.39 Å². The van der Waals surface area contributed by atoms with Gasteiger partial charge in [-0.1, -0.05) is 6.92 Å². The number of halogens is 1. The van der Waals surface area contributed by atoms with Crippen LogP contribution in [0.3, 0.4) is 0 Å². The molecule has 0 spiro atoms. The molecule has 0 bridgehead atoms. The van der Waals surface area contributed by atoms with Gasteiger partial charge in [-0.05, 0) is 37.6 Å². The van der Waals surface area contributed by atoms with Gasteiger partial charge in [0.2, 0.25) is 5.91 Å². The molecule has 2 unspecified atom stereocenters. The molecule has 5 heteroatoms. The minimum atomic E-state index is -0.244. The van der Waals surface area contributed by atoms with Gasteiger partial charge in [0.1, 0.15) is 5.82 Å². The monoisotopic (exact) mass is 284 g/mol. The van der Waals surface area contributed by atoms with Crippen LogP contribution in [0.25, 0.3) is 0 Å². The summed E-state index contributed by atoms with van der Waals surface area (Å²) < 4.78 is 12.7. The molecule has 0 radical (unpaired) electrons. The molecule has 1 aromatic carbocycles. The second-order valence-electron chi connectivity index (χ2n) is 4.72. The highest BCUT2D eigenvalue weighted by molar-refractivity contribution is 7.99. The summed E-state index contributed by atoms with van der Waals surface area (Å²) in [5.41, 5.74) is 5.62. The molecule has 0 fully saturated rings. The van der Waals surface area contributed by atoms with Crippen molar-refractivity contribution in [3.8, 4) is 0 Å². The summed E-state index contributed by atoms with van der Waals surface area (Å²) in [7, 11) is 0. The summed E-state index contributed by atoms with van der Waals surface area (Å²) in [6.45, 7) is 4.42. The number of benzene rings is 1. The molecule has 2 atom stereocenters. The Morgan fingerprint density at radius 3 is 2.58 bits per heavy atom. The van der Waals surface area contributed by atoms with Crippen molar-refractivity contribution in [2.45, 2.75) is 31.2 Å². The summed E-state index contributed by atoms with van der Waals surface area (Å²) in [5, 5.41) is 2.87. The number of carbonyl (C=O) groups is 1. The number of nitrogens with one attached hydrogen (secondary N) is 1. The molecule has 106 valence electrons. The Morgan fingerprint density at radius 1 is 1.37 bits per heavy atom. The lowest BCUT2D eigenvalue weighted by atomic mass is 10.2. The average molecular weight is 284 g/mol. The number of hydrogen-bond donors (Lipinski definition) is 2. The molecule has 0 aliphatic heterocycles. The lowest BCUT2D eigenvalue weighted by Crippen LogP contribution is -2.33. The van der Waals surface area contributed by atoms with E-state index in [9.17, 15) is 9.18 Å². The minimum absolute atomic E-state index is 0.0373. The van der Waals surface area contributed by atoms with Crippen LogP contribution in [0.1, 0.15) is 20.3 Å². The standard InChI is InChI=1S/C14H21FN2OS/c1-10(14(18)17-8-7-11(2)16)9-19-13-5-3-12(15)4-6-13/h3-6,10-11H,7-9,16H2,1-2H3,(H,17,18). The first kappa shape index (κ1) is 16.0. The average Bonchev–Trinajstić information content (AvgIpc) is 2.37. The fraction of sp³-hybridized carbons (Fsp3) is 0.500. The molecule has 0 aliphatic carbocycles. The van der Waals surface area contributed by atoms with Crippen LogP contribution >= 0.6 is 11.8 Å². The Hall–Kier alpha value is -1.07. The molecule has 1 rings (SSSR count). The van der Waals surface area contributed by atoms with Crippen LogP contribution in [-0.4, -0.2) is 24.2 Å². The van der Waals surface area contributed by atoms with Gasteiger partial charge in [0, 0.05) is 29.2 Å². The van der Waals surface area contributed by atoms with Crippen molar-refractivity contribution in [3.63, 3.8) is 0 Å². The maximum absolute atomic E-state index is 12.7. The van der Waals surface area contributed by atoms with Crippen LogP contribution in [0.15, 0.2) is 29.2 Å². The highest BCUT2D eigenvalue weighted by atomic mass is 32.2. The van der Waals surface area contributed by atoms with Crippen LogP contribution in [0, 0.1) is 11.7 Å². The molecule has 0 aromatic heterocycles. The first-order valence-electron chi connectivity index (χ1n) is 6.40. The topological polar surface area (TPSA) is 55.1 Å². The van der Waals surface area contributed by atoms with Crippen LogP contribution in [-0.2, 0) is 4.79 Å². The van der Waals surface area contributed by atoms with E-state index in [-0.39, 0.29) is 23.7 Å². The van der Waals surface area contributed by atoms with Crippen LogP contribution in [0.2, 0.25) is 0 Å². The van der Waals surface area contributed by atoms with E-state index in [1.165, 1.54) is 12.1 Å². The van der Waals surface area contributed by atoms with E-state index in [1.807, 2.05) is 13.8 Å². The molecule has 0 saturated heterocycles. The molecule has 1 aromatic rings. The molecule has 3 N–H and O–H groups in total. The third kappa shape index (κ3) is 6.59. The van der Waals surface area contributed by atoms with Gasteiger partial charge in [-0.15, -0.1) is 11.8 Å². The maximum atomic E-state index is 12.7. The van der Waals surface area contributed by atoms with Gasteiger partial charge < -0.3 is 11.1 Å². The largest absolute Gasteiger partial charge is 0.356 e. The Bertz CT molecular complexity index is 395. The second-order valence-corrected chi connectivity index (χ2v) is 5.82. The molecule has 0 aliphatic rings. The number of amides is 1. The van der Waals surface area contributed by atoms with E-state index in [1.54, 1.807) is 23.9 Å². The van der Waals surface area contributed by atoms with E-state index in [0.29, 0.717) is 12.3 Å². The first-order valence-corrected chi connectivity index (χ1v) is 7.39. The number of hydrogen-bond acceptors (Lipinski definition) is 3.